The van der Waals surface area contributed by atoms with E-state index in [0.717, 1.165) is 11.6 Å². The van der Waals surface area contributed by atoms with Gasteiger partial charge in [-0.1, -0.05) is 42.5 Å². The number of alkyl halides is 3. The van der Waals surface area contributed by atoms with E-state index in [0.29, 0.717) is 13.1 Å². The average molecular weight is 336 g/mol. The molecule has 0 saturated heterocycles. The van der Waals surface area contributed by atoms with Gasteiger partial charge in [0.15, 0.2) is 0 Å². The van der Waals surface area contributed by atoms with Gasteiger partial charge in [-0.15, -0.1) is 0 Å². The summed E-state index contributed by atoms with van der Waals surface area (Å²) in [5.41, 5.74) is -0.135. The van der Waals surface area contributed by atoms with Crippen molar-refractivity contribution in [3.8, 4) is 0 Å². The molecule has 0 atom stereocenters. The van der Waals surface area contributed by atoms with E-state index in [4.69, 9.17) is 0 Å². The lowest BCUT2D eigenvalue weighted by atomic mass is 10.1. The summed E-state index contributed by atoms with van der Waals surface area (Å²) in [4.78, 5) is 14.0. The normalized spacial score (nSPS) is 11.5. The summed E-state index contributed by atoms with van der Waals surface area (Å²) >= 11 is 0. The van der Waals surface area contributed by atoms with Crippen LogP contribution in [0.4, 0.5) is 13.2 Å². The predicted molar refractivity (Wildman–Crippen MR) is 86.6 cm³/mol. The van der Waals surface area contributed by atoms with Crippen molar-refractivity contribution < 1.29 is 18.0 Å². The van der Waals surface area contributed by atoms with Gasteiger partial charge in [0.2, 0.25) is 0 Å². The molecule has 2 rings (SSSR count). The fraction of sp³-hybridized carbons (Fsp3) is 0.278. The van der Waals surface area contributed by atoms with Crippen molar-refractivity contribution in [1.82, 2.24) is 10.2 Å². The van der Waals surface area contributed by atoms with E-state index in [-0.39, 0.29) is 12.1 Å². The fourth-order valence-corrected chi connectivity index (χ4v) is 2.36. The number of nitrogens with zero attached hydrogens (tertiary/aromatic N) is 1. The molecule has 1 N–H and O–H groups in total. The molecule has 1 amide bonds. The first-order chi connectivity index (χ1) is 11.4. The number of amides is 1. The Labute approximate surface area is 139 Å². The minimum absolute atomic E-state index is 0.272. The van der Waals surface area contributed by atoms with Gasteiger partial charge in [0, 0.05) is 19.6 Å². The summed E-state index contributed by atoms with van der Waals surface area (Å²) in [5, 5.41) is 2.55. The highest BCUT2D eigenvalue weighted by atomic mass is 19.4. The summed E-state index contributed by atoms with van der Waals surface area (Å²) in [5.74, 6) is -0.712. The quantitative estimate of drug-likeness (QED) is 0.875. The largest absolute Gasteiger partial charge is 0.417 e. The topological polar surface area (TPSA) is 32.3 Å². The molecule has 24 heavy (non-hydrogen) atoms. The van der Waals surface area contributed by atoms with E-state index in [2.05, 4.69) is 5.32 Å². The van der Waals surface area contributed by atoms with Gasteiger partial charge in [0.05, 0.1) is 11.1 Å². The average Bonchev–Trinajstić information content (AvgIpc) is 2.55. The molecule has 0 aliphatic heterocycles. The molecule has 128 valence electrons. The van der Waals surface area contributed by atoms with Gasteiger partial charge in [-0.25, -0.2) is 0 Å². The van der Waals surface area contributed by atoms with Crippen LogP contribution in [0.3, 0.4) is 0 Å². The number of rotatable bonds is 6. The lowest BCUT2D eigenvalue weighted by Gasteiger charge is -2.17. The number of likely N-dealkylation sites (N-methyl/N-ethyl adjacent to an activating group) is 1. The zero-order valence-corrected chi connectivity index (χ0v) is 13.3. The first-order valence-corrected chi connectivity index (χ1v) is 7.55. The van der Waals surface area contributed by atoms with Crippen LogP contribution in [-0.4, -0.2) is 30.9 Å². The Bertz CT molecular complexity index is 671. The number of hydrogen-bond acceptors (Lipinski definition) is 2. The van der Waals surface area contributed by atoms with Gasteiger partial charge in [0.1, 0.15) is 0 Å². The third-order valence-corrected chi connectivity index (χ3v) is 3.55. The number of hydrogen-bond donors (Lipinski definition) is 1. The lowest BCUT2D eigenvalue weighted by Crippen LogP contribution is -2.33. The minimum Gasteiger partial charge on any atom is -0.351 e. The Kier molecular flexibility index (Phi) is 5.98. The molecule has 0 bridgehead atoms. The molecule has 0 unspecified atom stereocenters. The van der Waals surface area contributed by atoms with Crippen molar-refractivity contribution >= 4 is 5.91 Å². The number of halogens is 3. The van der Waals surface area contributed by atoms with E-state index >= 15 is 0 Å². The Morgan fingerprint density at radius 3 is 2.33 bits per heavy atom. The highest BCUT2D eigenvalue weighted by Crippen LogP contribution is 2.31. The van der Waals surface area contributed by atoms with Crippen LogP contribution < -0.4 is 5.32 Å². The molecule has 3 nitrogen and oxygen atoms in total. The molecular formula is C18H19F3N2O. The van der Waals surface area contributed by atoms with Crippen LogP contribution in [0.15, 0.2) is 54.6 Å². The summed E-state index contributed by atoms with van der Waals surface area (Å²) in [6.07, 6.45) is -4.54. The molecule has 0 aromatic heterocycles. The molecular weight excluding hydrogens is 317 g/mol. The van der Waals surface area contributed by atoms with Crippen molar-refractivity contribution in [3.63, 3.8) is 0 Å². The van der Waals surface area contributed by atoms with E-state index in [1.807, 2.05) is 42.3 Å². The van der Waals surface area contributed by atoms with Crippen molar-refractivity contribution in [2.24, 2.45) is 0 Å². The molecule has 6 heteroatoms. The molecule has 0 fully saturated rings. The van der Waals surface area contributed by atoms with Crippen LogP contribution >= 0.6 is 0 Å². The zero-order chi connectivity index (χ0) is 17.6. The second-order valence-electron chi connectivity index (χ2n) is 5.52. The highest BCUT2D eigenvalue weighted by Gasteiger charge is 2.34. The molecule has 0 radical (unpaired) electrons. The summed E-state index contributed by atoms with van der Waals surface area (Å²) in [7, 11) is 1.89. The summed E-state index contributed by atoms with van der Waals surface area (Å²) < 4.78 is 38.7. The molecule has 2 aromatic carbocycles. The second kappa shape index (κ2) is 7.97. The van der Waals surface area contributed by atoms with E-state index < -0.39 is 17.6 Å². The van der Waals surface area contributed by atoms with Crippen LogP contribution in [0.25, 0.3) is 0 Å². The Balaban J connectivity index is 1.88. The Morgan fingerprint density at radius 2 is 1.67 bits per heavy atom. The van der Waals surface area contributed by atoms with Crippen molar-refractivity contribution in [1.29, 1.82) is 0 Å². The van der Waals surface area contributed by atoms with E-state index in [9.17, 15) is 18.0 Å². The third-order valence-electron chi connectivity index (χ3n) is 3.55. The molecule has 0 aliphatic carbocycles. The number of carbonyl (C=O) groups is 1. The third kappa shape index (κ3) is 5.09. The van der Waals surface area contributed by atoms with Gasteiger partial charge < -0.3 is 10.2 Å². The number of carbonyl (C=O) groups excluding carboxylic acids is 1. The first kappa shape index (κ1) is 18.0. The van der Waals surface area contributed by atoms with Gasteiger partial charge in [-0.05, 0) is 24.7 Å². The summed E-state index contributed by atoms with van der Waals surface area (Å²) in [6, 6.07) is 14.6. The molecule has 0 spiro atoms. The SMILES string of the molecule is CN(CCNC(=O)c1ccccc1C(F)(F)F)Cc1ccccc1. The Hall–Kier alpha value is -2.34. The minimum atomic E-state index is -4.54. The predicted octanol–water partition coefficient (Wildman–Crippen LogP) is 3.57. The van der Waals surface area contributed by atoms with Crippen molar-refractivity contribution in [2.75, 3.05) is 20.1 Å². The van der Waals surface area contributed by atoms with Crippen LogP contribution in [0, 0.1) is 0 Å². The summed E-state index contributed by atoms with van der Waals surface area (Å²) in [6.45, 7) is 1.51. The van der Waals surface area contributed by atoms with Crippen LogP contribution in [0.1, 0.15) is 21.5 Å². The second-order valence-corrected chi connectivity index (χ2v) is 5.52. The van der Waals surface area contributed by atoms with Crippen molar-refractivity contribution in [3.05, 3.63) is 71.3 Å². The number of nitrogens with one attached hydrogen (secondary N) is 1. The maximum absolute atomic E-state index is 12.9. The molecule has 2 aromatic rings. The van der Waals surface area contributed by atoms with Crippen LogP contribution in [-0.2, 0) is 12.7 Å². The van der Waals surface area contributed by atoms with E-state index in [1.165, 1.54) is 18.2 Å². The fourth-order valence-electron chi connectivity index (χ4n) is 2.36. The van der Waals surface area contributed by atoms with Crippen LogP contribution in [0.5, 0.6) is 0 Å². The van der Waals surface area contributed by atoms with Gasteiger partial charge >= 0.3 is 6.18 Å². The maximum Gasteiger partial charge on any atom is 0.417 e. The number of benzene rings is 2. The zero-order valence-electron chi connectivity index (χ0n) is 13.3. The van der Waals surface area contributed by atoms with E-state index in [1.54, 1.807) is 0 Å². The van der Waals surface area contributed by atoms with Crippen LogP contribution in [0.2, 0.25) is 0 Å². The lowest BCUT2D eigenvalue weighted by molar-refractivity contribution is -0.137. The maximum atomic E-state index is 12.9. The highest BCUT2D eigenvalue weighted by molar-refractivity contribution is 5.95. The van der Waals surface area contributed by atoms with Gasteiger partial charge in [-0.3, -0.25) is 4.79 Å². The molecule has 0 heterocycles. The monoisotopic (exact) mass is 336 g/mol. The standard InChI is InChI=1S/C18H19F3N2O/c1-23(13-14-7-3-2-4-8-14)12-11-22-17(24)15-9-5-6-10-16(15)18(19,20)21/h2-10H,11-13H2,1H3,(H,22,24). The Morgan fingerprint density at radius 1 is 1.04 bits per heavy atom. The first-order valence-electron chi connectivity index (χ1n) is 7.55. The smallest absolute Gasteiger partial charge is 0.351 e. The molecule has 0 aliphatic rings. The van der Waals surface area contributed by atoms with Crippen molar-refractivity contribution in [2.45, 2.75) is 12.7 Å². The van der Waals surface area contributed by atoms with Gasteiger partial charge in [-0.2, -0.15) is 13.2 Å². The molecule has 0 saturated carbocycles. The van der Waals surface area contributed by atoms with Gasteiger partial charge in [0.25, 0.3) is 5.91 Å².